The molecule has 7 rings (SSSR count). The van der Waals surface area contributed by atoms with E-state index in [1.807, 2.05) is 11.0 Å². The smallest absolute Gasteiger partial charge is 0.417 e. The number of likely N-dealkylation sites (tertiary alicyclic amines) is 1. The van der Waals surface area contributed by atoms with E-state index in [2.05, 4.69) is 9.97 Å². The molecule has 0 bridgehead atoms. The largest absolute Gasteiger partial charge is 0.461 e. The van der Waals surface area contributed by atoms with Crippen LogP contribution in [0.25, 0.3) is 32.1 Å². The zero-order chi connectivity index (χ0) is 38.2. The maximum absolute atomic E-state index is 17.3. The monoisotopic (exact) mass is 756 g/mol. The number of carbonyl (C=O) groups excluding carboxylic acids is 1. The van der Waals surface area contributed by atoms with Crippen LogP contribution in [0.5, 0.6) is 6.01 Å². The van der Waals surface area contributed by atoms with Gasteiger partial charge in [0.2, 0.25) is 0 Å². The number of nitrogen functional groups attached to an aromatic ring is 1. The van der Waals surface area contributed by atoms with Crippen LogP contribution in [-0.2, 0) is 6.18 Å². The second-order valence-corrected chi connectivity index (χ2v) is 15.2. The number of fused-ring (bicyclic) bond motifs is 3. The van der Waals surface area contributed by atoms with Crippen molar-refractivity contribution in [2.75, 3.05) is 64.1 Å². The minimum Gasteiger partial charge on any atom is -0.461 e. The fourth-order valence-electron chi connectivity index (χ4n) is 8.26. The molecule has 3 aliphatic rings. The highest BCUT2D eigenvalue weighted by Gasteiger charge is 2.50. The van der Waals surface area contributed by atoms with Crippen molar-refractivity contribution in [2.45, 2.75) is 55.9 Å². The van der Waals surface area contributed by atoms with Gasteiger partial charge < -0.3 is 25.2 Å². The number of thiophene rings is 1. The van der Waals surface area contributed by atoms with Crippen molar-refractivity contribution in [3.05, 3.63) is 41.0 Å². The van der Waals surface area contributed by atoms with E-state index in [1.165, 1.54) is 14.7 Å². The number of carbonyl (C=O) groups is 1. The van der Waals surface area contributed by atoms with Crippen LogP contribution in [0.15, 0.2) is 18.2 Å². The number of nitrogens with two attached hydrogens (primary N) is 1. The van der Waals surface area contributed by atoms with Gasteiger partial charge in [-0.25, -0.2) is 18.0 Å². The standard InChI is InChI=1S/C35H35BF6N8O2S/c1-4-50(34(36)9-11-48(16-34)32(51)47(2)3)30-20-12-22(35(40,41)42)25(19-6-7-23(38)28-24(19)21(14-43)29(44)53-28)26(39)27(20)45-31(46-30)52-17-33-8-5-10-49(33)15-18(37)13-33/h6-7,12,18H,4-5,8-11,13,15-17,44H2,1-3H3. The Bertz CT molecular complexity index is 2180. The SMILES string of the molecule is [B]C1(N(CC)c2nc(OCC34CCCN3CC(F)C4)nc3c(F)c(-c4ccc(F)c5sc(N)c(C#N)c45)c(C(F)(F)F)cc23)CCN(C(=O)N(C)C)C1. The van der Waals surface area contributed by atoms with Crippen molar-refractivity contribution in [1.82, 2.24) is 24.7 Å². The van der Waals surface area contributed by atoms with Crippen molar-refractivity contribution in [3.8, 4) is 23.2 Å². The number of benzene rings is 2. The molecule has 0 spiro atoms. The van der Waals surface area contributed by atoms with Gasteiger partial charge in [0.05, 0.1) is 21.4 Å². The molecule has 3 atom stereocenters. The molecule has 53 heavy (non-hydrogen) atoms. The molecule has 3 aliphatic heterocycles. The summed E-state index contributed by atoms with van der Waals surface area (Å²) in [5, 5.41) is 9.12. The average Bonchev–Trinajstić information content (AvgIpc) is 3.85. The lowest BCUT2D eigenvalue weighted by molar-refractivity contribution is -0.137. The lowest BCUT2D eigenvalue weighted by Gasteiger charge is -2.40. The van der Waals surface area contributed by atoms with Crippen LogP contribution in [0.2, 0.25) is 0 Å². The van der Waals surface area contributed by atoms with Gasteiger partial charge in [0.25, 0.3) is 0 Å². The van der Waals surface area contributed by atoms with Gasteiger partial charge in [-0.1, -0.05) is 6.07 Å². The van der Waals surface area contributed by atoms with E-state index in [0.717, 1.165) is 24.6 Å². The van der Waals surface area contributed by atoms with E-state index in [-0.39, 0.29) is 89.5 Å². The second kappa shape index (κ2) is 13.1. The molecule has 3 unspecified atom stereocenters. The molecule has 2 amide bonds. The van der Waals surface area contributed by atoms with Crippen molar-refractivity contribution < 1.29 is 35.9 Å². The molecule has 10 nitrogen and oxygen atoms in total. The molecule has 2 aromatic heterocycles. The first-order chi connectivity index (χ1) is 25.0. The lowest BCUT2D eigenvalue weighted by Crippen LogP contribution is -2.53. The van der Waals surface area contributed by atoms with E-state index >= 15 is 17.6 Å². The predicted octanol–water partition coefficient (Wildman–Crippen LogP) is 6.30. The first-order valence-electron chi connectivity index (χ1n) is 17.1. The molecule has 278 valence electrons. The van der Waals surface area contributed by atoms with Gasteiger partial charge in [-0.2, -0.15) is 28.4 Å². The Morgan fingerprint density at radius 2 is 1.98 bits per heavy atom. The minimum atomic E-state index is -5.16. The van der Waals surface area contributed by atoms with Gasteiger partial charge in [0, 0.05) is 68.5 Å². The van der Waals surface area contributed by atoms with Crippen LogP contribution in [0, 0.1) is 23.0 Å². The number of ether oxygens (including phenoxy) is 1. The third-order valence-electron chi connectivity index (χ3n) is 10.7. The molecule has 3 fully saturated rings. The summed E-state index contributed by atoms with van der Waals surface area (Å²) in [6.45, 7) is 2.83. The number of rotatable bonds is 7. The number of anilines is 2. The van der Waals surface area contributed by atoms with Crippen molar-refractivity contribution >= 4 is 57.0 Å². The summed E-state index contributed by atoms with van der Waals surface area (Å²) in [6, 6.07) is 3.71. The number of likely N-dealkylation sites (N-methyl/N-ethyl adjacent to an activating group) is 1. The number of alkyl halides is 4. The summed E-state index contributed by atoms with van der Waals surface area (Å²) in [6.07, 6.45) is -4.39. The summed E-state index contributed by atoms with van der Waals surface area (Å²) in [5.74, 6) is -2.43. The summed E-state index contributed by atoms with van der Waals surface area (Å²) >= 11 is 0.665. The molecule has 0 saturated carbocycles. The molecular weight excluding hydrogens is 721 g/mol. The van der Waals surface area contributed by atoms with Crippen LogP contribution in [-0.4, -0.2) is 109 Å². The summed E-state index contributed by atoms with van der Waals surface area (Å²) in [5.41, 5.74) is 0.321. The fourth-order valence-corrected chi connectivity index (χ4v) is 9.21. The Kier molecular flexibility index (Phi) is 9.12. The second-order valence-electron chi connectivity index (χ2n) is 14.1. The number of hydrogen-bond acceptors (Lipinski definition) is 9. The molecule has 4 aromatic rings. The highest BCUT2D eigenvalue weighted by molar-refractivity contribution is 7.23. The number of halogens is 6. The molecule has 3 saturated heterocycles. The van der Waals surface area contributed by atoms with Gasteiger partial charge in [0.1, 0.15) is 48.8 Å². The van der Waals surface area contributed by atoms with Gasteiger partial charge in [-0.05, 0) is 50.4 Å². The quantitative estimate of drug-likeness (QED) is 0.173. The zero-order valence-corrected chi connectivity index (χ0v) is 30.0. The zero-order valence-electron chi connectivity index (χ0n) is 29.2. The van der Waals surface area contributed by atoms with Gasteiger partial charge in [0.15, 0.2) is 5.82 Å². The van der Waals surface area contributed by atoms with Crippen LogP contribution in [0.3, 0.4) is 0 Å². The highest BCUT2D eigenvalue weighted by Crippen LogP contribution is 2.49. The van der Waals surface area contributed by atoms with Gasteiger partial charge in [-0.3, -0.25) is 4.90 Å². The van der Waals surface area contributed by atoms with E-state index in [0.29, 0.717) is 24.3 Å². The van der Waals surface area contributed by atoms with E-state index in [9.17, 15) is 18.8 Å². The lowest BCUT2D eigenvalue weighted by atomic mass is 9.75. The van der Waals surface area contributed by atoms with Crippen molar-refractivity contribution in [2.24, 2.45) is 0 Å². The van der Waals surface area contributed by atoms with Gasteiger partial charge in [-0.15, -0.1) is 11.3 Å². The van der Waals surface area contributed by atoms with Crippen LogP contribution in [0.1, 0.15) is 43.7 Å². The van der Waals surface area contributed by atoms with Crippen molar-refractivity contribution in [1.29, 1.82) is 5.26 Å². The summed E-state index contributed by atoms with van der Waals surface area (Å²) in [4.78, 5) is 28.2. The molecule has 18 heteroatoms. The molecule has 2 radical (unpaired) electrons. The third kappa shape index (κ3) is 6.05. The molecule has 5 heterocycles. The topological polar surface area (TPSA) is 115 Å². The van der Waals surface area contributed by atoms with Crippen LogP contribution < -0.4 is 15.4 Å². The summed E-state index contributed by atoms with van der Waals surface area (Å²) < 4.78 is 98.2. The number of nitrogens with zero attached hydrogens (tertiary/aromatic N) is 7. The average molecular weight is 757 g/mol. The van der Waals surface area contributed by atoms with E-state index in [1.54, 1.807) is 21.0 Å². The van der Waals surface area contributed by atoms with Gasteiger partial charge >= 0.3 is 18.2 Å². The Balaban J connectivity index is 1.46. The number of nitriles is 1. The molecule has 2 aromatic carbocycles. The maximum atomic E-state index is 17.3. The fraction of sp³-hybridized carbons (Fsp3) is 0.486. The van der Waals surface area contributed by atoms with Crippen molar-refractivity contribution in [3.63, 3.8) is 0 Å². The normalized spacial score (nSPS) is 23.2. The number of urea groups is 1. The van der Waals surface area contributed by atoms with E-state index in [4.69, 9.17) is 18.3 Å². The minimum absolute atomic E-state index is 0.0216. The Morgan fingerprint density at radius 1 is 1.23 bits per heavy atom. The Labute approximate surface area is 306 Å². The first kappa shape index (κ1) is 36.8. The van der Waals surface area contributed by atoms with E-state index < -0.39 is 57.2 Å². The third-order valence-corrected chi connectivity index (χ3v) is 11.7. The van der Waals surface area contributed by atoms with Crippen LogP contribution in [0.4, 0.5) is 42.0 Å². The molecule has 2 N–H and O–H groups in total. The first-order valence-corrected chi connectivity index (χ1v) is 17.9. The Morgan fingerprint density at radius 3 is 2.66 bits per heavy atom. The molecule has 0 aliphatic carbocycles. The predicted molar refractivity (Wildman–Crippen MR) is 190 cm³/mol. The Hall–Kier alpha value is -4.50. The number of aromatic nitrogens is 2. The number of amides is 2. The molecular formula is C35H35BF6N8O2S. The van der Waals surface area contributed by atoms with Crippen LogP contribution >= 0.6 is 11.3 Å². The maximum Gasteiger partial charge on any atom is 0.417 e. The number of hydrogen-bond donors (Lipinski definition) is 1. The summed E-state index contributed by atoms with van der Waals surface area (Å²) in [7, 11) is 10.1. The highest BCUT2D eigenvalue weighted by atomic mass is 32.1.